The third kappa shape index (κ3) is 12.5. The smallest absolute Gasteiger partial charge is 0.240 e. The van der Waals surface area contributed by atoms with E-state index < -0.39 is 0 Å². The highest BCUT2D eigenvalue weighted by molar-refractivity contribution is 5.81. The monoisotopic (exact) mass is 285 g/mol. The number of rotatable bonds is 12. The SMILES string of the molecule is CCOC=NCC(=O)CCCCC(=O)N/N=C/OCC. The molecule has 0 aliphatic rings. The largest absolute Gasteiger partial charge is 0.484 e. The van der Waals surface area contributed by atoms with Gasteiger partial charge < -0.3 is 9.47 Å². The van der Waals surface area contributed by atoms with E-state index in [1.807, 2.05) is 13.8 Å². The number of ketones is 1. The molecule has 0 radical (unpaired) electrons. The van der Waals surface area contributed by atoms with Gasteiger partial charge in [0, 0.05) is 12.8 Å². The molecule has 7 heteroatoms. The summed E-state index contributed by atoms with van der Waals surface area (Å²) < 4.78 is 9.70. The van der Waals surface area contributed by atoms with Gasteiger partial charge in [-0.2, -0.15) is 0 Å². The zero-order chi connectivity index (χ0) is 15.1. The van der Waals surface area contributed by atoms with E-state index in [4.69, 9.17) is 9.47 Å². The summed E-state index contributed by atoms with van der Waals surface area (Å²) in [5.74, 6) is -0.154. The first-order valence-electron chi connectivity index (χ1n) is 6.74. The number of hydrogen-bond donors (Lipinski definition) is 1. The molecule has 1 amide bonds. The van der Waals surface area contributed by atoms with Gasteiger partial charge in [-0.1, -0.05) is 0 Å². The summed E-state index contributed by atoms with van der Waals surface area (Å²) in [6.45, 7) is 4.84. The van der Waals surface area contributed by atoms with E-state index in [0.717, 1.165) is 0 Å². The van der Waals surface area contributed by atoms with Crippen molar-refractivity contribution in [2.45, 2.75) is 39.5 Å². The van der Waals surface area contributed by atoms with Gasteiger partial charge in [-0.3, -0.25) is 14.6 Å². The lowest BCUT2D eigenvalue weighted by atomic mass is 10.1. The van der Waals surface area contributed by atoms with E-state index in [0.29, 0.717) is 38.9 Å². The molecule has 0 fully saturated rings. The van der Waals surface area contributed by atoms with Crippen LogP contribution in [0.2, 0.25) is 0 Å². The number of Topliss-reactive ketones (excluding diaryl/α,β-unsaturated/α-hetero) is 1. The van der Waals surface area contributed by atoms with E-state index in [1.165, 1.54) is 12.8 Å². The van der Waals surface area contributed by atoms with Crippen LogP contribution in [0.15, 0.2) is 10.1 Å². The average Bonchev–Trinajstić information content (AvgIpc) is 2.44. The van der Waals surface area contributed by atoms with Crippen LogP contribution in [0.4, 0.5) is 0 Å². The van der Waals surface area contributed by atoms with Crippen molar-refractivity contribution in [3.63, 3.8) is 0 Å². The van der Waals surface area contributed by atoms with Crippen molar-refractivity contribution in [2.75, 3.05) is 19.8 Å². The van der Waals surface area contributed by atoms with Gasteiger partial charge in [-0.25, -0.2) is 5.43 Å². The summed E-state index contributed by atoms with van der Waals surface area (Å²) in [6.07, 6.45) is 4.53. The average molecular weight is 285 g/mol. The molecular formula is C13H23N3O4. The van der Waals surface area contributed by atoms with Crippen molar-refractivity contribution in [3.8, 4) is 0 Å². The Morgan fingerprint density at radius 3 is 2.40 bits per heavy atom. The van der Waals surface area contributed by atoms with Crippen LogP contribution < -0.4 is 5.43 Å². The zero-order valence-electron chi connectivity index (χ0n) is 12.1. The molecule has 0 aromatic heterocycles. The summed E-state index contributed by atoms with van der Waals surface area (Å²) in [5, 5.41) is 3.59. The topological polar surface area (TPSA) is 89.3 Å². The molecule has 0 aromatic carbocycles. The highest BCUT2D eigenvalue weighted by Gasteiger charge is 2.03. The van der Waals surface area contributed by atoms with Crippen molar-refractivity contribution in [1.29, 1.82) is 0 Å². The maximum atomic E-state index is 11.4. The molecule has 0 spiro atoms. The van der Waals surface area contributed by atoms with E-state index in [1.54, 1.807) is 0 Å². The van der Waals surface area contributed by atoms with Gasteiger partial charge in [0.15, 0.2) is 18.6 Å². The van der Waals surface area contributed by atoms with Crippen LogP contribution in [0.1, 0.15) is 39.5 Å². The van der Waals surface area contributed by atoms with E-state index in [-0.39, 0.29) is 18.2 Å². The van der Waals surface area contributed by atoms with Crippen LogP contribution in [-0.4, -0.2) is 44.3 Å². The molecule has 7 nitrogen and oxygen atoms in total. The van der Waals surface area contributed by atoms with Gasteiger partial charge in [-0.15, -0.1) is 5.10 Å². The Labute approximate surface area is 119 Å². The minimum absolute atomic E-state index is 0.0377. The van der Waals surface area contributed by atoms with Crippen molar-refractivity contribution in [1.82, 2.24) is 5.43 Å². The first-order valence-corrected chi connectivity index (χ1v) is 6.74. The predicted octanol–water partition coefficient (Wildman–Crippen LogP) is 1.28. The summed E-state index contributed by atoms with van der Waals surface area (Å²) in [4.78, 5) is 26.5. The van der Waals surface area contributed by atoms with Crippen molar-refractivity contribution < 1.29 is 19.1 Å². The number of carbonyl (C=O) groups excluding carboxylic acids is 2. The fourth-order valence-electron chi connectivity index (χ4n) is 1.22. The van der Waals surface area contributed by atoms with Crippen LogP contribution in [-0.2, 0) is 19.1 Å². The summed E-state index contributed by atoms with van der Waals surface area (Å²) >= 11 is 0. The van der Waals surface area contributed by atoms with Crippen LogP contribution in [0, 0.1) is 0 Å². The van der Waals surface area contributed by atoms with Crippen molar-refractivity contribution in [3.05, 3.63) is 0 Å². The molecule has 0 aliphatic carbocycles. The van der Waals surface area contributed by atoms with Crippen LogP contribution >= 0.6 is 0 Å². The zero-order valence-corrected chi connectivity index (χ0v) is 12.1. The quantitative estimate of drug-likeness (QED) is 0.253. The van der Waals surface area contributed by atoms with Gasteiger partial charge in [0.05, 0.1) is 13.2 Å². The minimum Gasteiger partial charge on any atom is -0.484 e. The third-order valence-electron chi connectivity index (χ3n) is 2.18. The normalized spacial score (nSPS) is 10.9. The van der Waals surface area contributed by atoms with Crippen molar-refractivity contribution >= 4 is 24.5 Å². The van der Waals surface area contributed by atoms with E-state index in [9.17, 15) is 9.59 Å². The number of hydrogen-bond acceptors (Lipinski definition) is 6. The number of ether oxygens (including phenoxy) is 2. The lowest BCUT2D eigenvalue weighted by Gasteiger charge is -2.00. The van der Waals surface area contributed by atoms with Crippen molar-refractivity contribution in [2.24, 2.45) is 10.1 Å². The number of hydrazone groups is 1. The van der Waals surface area contributed by atoms with Gasteiger partial charge in [0.25, 0.3) is 0 Å². The highest BCUT2D eigenvalue weighted by Crippen LogP contribution is 2.01. The van der Waals surface area contributed by atoms with Gasteiger partial charge in [0.1, 0.15) is 6.54 Å². The fraction of sp³-hybridized carbons (Fsp3) is 0.692. The number of nitrogens with one attached hydrogen (secondary N) is 1. The first kappa shape index (κ1) is 18.1. The Hall–Kier alpha value is -1.92. The molecule has 0 aliphatic heterocycles. The second kappa shape index (κ2) is 13.5. The lowest BCUT2D eigenvalue weighted by Crippen LogP contribution is -2.17. The Morgan fingerprint density at radius 1 is 1.05 bits per heavy atom. The standard InChI is InChI=1S/C13H23N3O4/c1-3-19-10-14-9-12(17)7-5-6-8-13(18)16-15-11-20-4-2/h10-11H,3-9H2,1-2H3,(H,16,18)/b14-10?,15-11+. The molecule has 0 unspecified atom stereocenters. The highest BCUT2D eigenvalue weighted by atomic mass is 16.5. The number of amides is 1. The molecule has 20 heavy (non-hydrogen) atoms. The fourth-order valence-corrected chi connectivity index (χ4v) is 1.22. The molecule has 0 bridgehead atoms. The summed E-state index contributed by atoms with van der Waals surface area (Å²) in [5.41, 5.74) is 2.33. The summed E-state index contributed by atoms with van der Waals surface area (Å²) in [7, 11) is 0. The molecule has 0 heterocycles. The van der Waals surface area contributed by atoms with E-state index >= 15 is 0 Å². The number of carbonyl (C=O) groups is 2. The maximum Gasteiger partial charge on any atom is 0.240 e. The number of aliphatic imine (C=N–C) groups is 1. The minimum atomic E-state index is -0.192. The lowest BCUT2D eigenvalue weighted by molar-refractivity contribution is -0.121. The number of nitrogens with zero attached hydrogens (tertiary/aromatic N) is 2. The molecule has 0 rings (SSSR count). The van der Waals surface area contributed by atoms with Gasteiger partial charge in [0.2, 0.25) is 5.91 Å². The number of unbranched alkanes of at least 4 members (excludes halogenated alkanes) is 1. The summed E-state index contributed by atoms with van der Waals surface area (Å²) in [6, 6.07) is 0. The van der Waals surface area contributed by atoms with Gasteiger partial charge in [-0.05, 0) is 26.7 Å². The molecule has 0 atom stereocenters. The Balaban J connectivity index is 3.50. The first-order chi connectivity index (χ1) is 9.70. The molecule has 114 valence electrons. The second-order valence-electron chi connectivity index (χ2n) is 3.87. The molecule has 0 saturated heterocycles. The van der Waals surface area contributed by atoms with Gasteiger partial charge >= 0.3 is 0 Å². The second-order valence-corrected chi connectivity index (χ2v) is 3.87. The molecular weight excluding hydrogens is 262 g/mol. The Bertz CT molecular complexity index is 298. The maximum absolute atomic E-state index is 11.4. The Morgan fingerprint density at radius 2 is 1.70 bits per heavy atom. The molecule has 0 saturated carbocycles. The predicted molar refractivity (Wildman–Crippen MR) is 76.7 cm³/mol. The Kier molecular flexibility index (Phi) is 12.2. The van der Waals surface area contributed by atoms with E-state index in [2.05, 4.69) is 15.5 Å². The molecule has 0 aromatic rings. The third-order valence-corrected chi connectivity index (χ3v) is 2.18. The molecule has 1 N–H and O–H groups in total. The van der Waals surface area contributed by atoms with Crippen LogP contribution in [0.5, 0.6) is 0 Å². The van der Waals surface area contributed by atoms with Crippen LogP contribution in [0.25, 0.3) is 0 Å². The van der Waals surface area contributed by atoms with Crippen LogP contribution in [0.3, 0.4) is 0 Å².